The van der Waals surface area contributed by atoms with Gasteiger partial charge in [-0.25, -0.2) is 4.39 Å². The van der Waals surface area contributed by atoms with Crippen molar-refractivity contribution in [3.63, 3.8) is 0 Å². The second-order valence-electron chi connectivity index (χ2n) is 6.10. The van der Waals surface area contributed by atoms with Crippen LogP contribution in [0, 0.1) is 9.39 Å². The molecule has 7 heteroatoms. The van der Waals surface area contributed by atoms with Gasteiger partial charge in [0.15, 0.2) is 0 Å². The molecule has 1 aliphatic carbocycles. The van der Waals surface area contributed by atoms with E-state index >= 15 is 0 Å². The van der Waals surface area contributed by atoms with Crippen LogP contribution in [0.5, 0.6) is 0 Å². The Hall–Kier alpha value is -1.74. The first kappa shape index (κ1) is 18.1. The quantitative estimate of drug-likeness (QED) is 0.617. The van der Waals surface area contributed by atoms with Gasteiger partial charge in [-0.05, 0) is 59.7 Å². The summed E-state index contributed by atoms with van der Waals surface area (Å²) in [7, 11) is 0. The third-order valence-corrected chi connectivity index (χ3v) is 4.98. The number of rotatable bonds is 4. The molecule has 0 aliphatic heterocycles. The summed E-state index contributed by atoms with van der Waals surface area (Å²) in [5.74, 6) is -0.702. The number of benzene rings is 1. The summed E-state index contributed by atoms with van der Waals surface area (Å²) in [4.78, 5) is 16.6. The molecule has 5 nitrogen and oxygen atoms in total. The smallest absolute Gasteiger partial charge is 0.253 e. The van der Waals surface area contributed by atoms with Gasteiger partial charge in [0.05, 0.1) is 35.3 Å². The van der Waals surface area contributed by atoms with E-state index in [0.717, 1.165) is 22.8 Å². The molecule has 2 aromatic rings. The minimum Gasteiger partial charge on any atom is -0.391 e. The van der Waals surface area contributed by atoms with E-state index in [-0.39, 0.29) is 17.6 Å². The highest BCUT2D eigenvalue weighted by molar-refractivity contribution is 14.1. The number of halogens is 2. The zero-order valence-corrected chi connectivity index (χ0v) is 15.7. The molecule has 0 bridgehead atoms. The molecule has 3 N–H and O–H groups in total. The summed E-state index contributed by atoms with van der Waals surface area (Å²) in [5, 5.41) is 15.9. The summed E-state index contributed by atoms with van der Waals surface area (Å²) < 4.78 is 14.9. The predicted molar refractivity (Wildman–Crippen MR) is 102 cm³/mol. The van der Waals surface area contributed by atoms with E-state index in [1.165, 1.54) is 18.5 Å². The first-order valence-electron chi connectivity index (χ1n) is 8.19. The number of aliphatic hydroxyl groups is 1. The molecular weight excluding hydrogens is 436 g/mol. The van der Waals surface area contributed by atoms with Crippen LogP contribution < -0.4 is 10.6 Å². The Bertz CT molecular complexity index is 772. The lowest BCUT2D eigenvalue weighted by Gasteiger charge is -2.28. The Balaban J connectivity index is 1.79. The van der Waals surface area contributed by atoms with E-state index in [4.69, 9.17) is 0 Å². The number of nitrogens with one attached hydrogen (secondary N) is 2. The number of amides is 1. The maximum Gasteiger partial charge on any atom is 0.253 e. The Morgan fingerprint density at radius 2 is 2.04 bits per heavy atom. The van der Waals surface area contributed by atoms with Crippen molar-refractivity contribution in [2.24, 2.45) is 0 Å². The van der Waals surface area contributed by atoms with Crippen molar-refractivity contribution in [1.82, 2.24) is 10.3 Å². The lowest BCUT2D eigenvalue weighted by molar-refractivity contribution is 0.0718. The molecule has 2 atom stereocenters. The first-order chi connectivity index (χ1) is 12.0. The van der Waals surface area contributed by atoms with Crippen LogP contribution in [0.15, 0.2) is 36.7 Å². The third kappa shape index (κ3) is 4.46. The predicted octanol–water partition coefficient (Wildman–Crippen LogP) is 3.60. The number of pyridine rings is 1. The molecule has 1 amide bonds. The van der Waals surface area contributed by atoms with Crippen molar-refractivity contribution in [3.8, 4) is 0 Å². The molecule has 0 radical (unpaired) electrons. The zero-order valence-electron chi connectivity index (χ0n) is 13.5. The number of anilines is 2. The highest BCUT2D eigenvalue weighted by atomic mass is 127. The number of aromatic nitrogens is 1. The van der Waals surface area contributed by atoms with Crippen LogP contribution >= 0.6 is 22.6 Å². The van der Waals surface area contributed by atoms with Crippen molar-refractivity contribution >= 4 is 39.9 Å². The fourth-order valence-electron chi connectivity index (χ4n) is 2.95. The number of nitrogens with zero attached hydrogens (tertiary/aromatic N) is 1. The highest BCUT2D eigenvalue weighted by Gasteiger charge is 2.25. The van der Waals surface area contributed by atoms with E-state index in [9.17, 15) is 14.3 Å². The zero-order chi connectivity index (χ0) is 17.8. The van der Waals surface area contributed by atoms with E-state index in [0.29, 0.717) is 17.7 Å². The molecule has 1 aromatic heterocycles. The van der Waals surface area contributed by atoms with E-state index < -0.39 is 11.9 Å². The minimum absolute atomic E-state index is 0.252. The summed E-state index contributed by atoms with van der Waals surface area (Å²) in [6, 6.07) is 6.14. The molecule has 25 heavy (non-hydrogen) atoms. The van der Waals surface area contributed by atoms with Gasteiger partial charge in [-0.3, -0.25) is 9.78 Å². The van der Waals surface area contributed by atoms with Gasteiger partial charge in [0.25, 0.3) is 5.91 Å². The Kier molecular flexibility index (Phi) is 5.85. The average molecular weight is 455 g/mol. The first-order valence-corrected chi connectivity index (χ1v) is 9.27. The molecule has 1 heterocycles. The van der Waals surface area contributed by atoms with Gasteiger partial charge in [-0.2, -0.15) is 0 Å². The Morgan fingerprint density at radius 3 is 2.80 bits per heavy atom. The summed E-state index contributed by atoms with van der Waals surface area (Å²) in [5.41, 5.74) is 1.07. The minimum atomic E-state index is -0.524. The molecular formula is C18H19FIN3O2. The van der Waals surface area contributed by atoms with Gasteiger partial charge in [-0.15, -0.1) is 0 Å². The Labute approximate surface area is 159 Å². The molecule has 3 rings (SSSR count). The van der Waals surface area contributed by atoms with Crippen LogP contribution in [0.4, 0.5) is 15.8 Å². The van der Waals surface area contributed by atoms with E-state index in [2.05, 4.69) is 15.6 Å². The largest absolute Gasteiger partial charge is 0.391 e. The third-order valence-electron chi connectivity index (χ3n) is 4.31. The molecule has 0 saturated heterocycles. The van der Waals surface area contributed by atoms with Gasteiger partial charge >= 0.3 is 0 Å². The Morgan fingerprint density at radius 1 is 1.24 bits per heavy atom. The fourth-order valence-corrected chi connectivity index (χ4v) is 3.41. The van der Waals surface area contributed by atoms with Crippen LogP contribution in [0.1, 0.15) is 36.0 Å². The second kappa shape index (κ2) is 8.09. The number of hydrogen-bond acceptors (Lipinski definition) is 4. The maximum atomic E-state index is 14.1. The SMILES string of the molecule is O=C(N[C@@H]1CCCC[C@H]1O)c1ccncc1Nc1ccc(I)cc1F. The molecule has 1 aromatic carbocycles. The lowest BCUT2D eigenvalue weighted by atomic mass is 9.92. The second-order valence-corrected chi connectivity index (χ2v) is 7.35. The number of aliphatic hydroxyl groups excluding tert-OH is 1. The van der Waals surface area contributed by atoms with Crippen molar-refractivity contribution in [2.75, 3.05) is 5.32 Å². The highest BCUT2D eigenvalue weighted by Crippen LogP contribution is 2.25. The molecule has 0 unspecified atom stereocenters. The van der Waals surface area contributed by atoms with Crippen molar-refractivity contribution in [2.45, 2.75) is 37.8 Å². The monoisotopic (exact) mass is 455 g/mol. The van der Waals surface area contributed by atoms with Gasteiger partial charge in [-0.1, -0.05) is 12.8 Å². The standard InChI is InChI=1S/C18H19FIN3O2/c19-13-9-11(20)5-6-14(13)22-16-10-21-8-7-12(16)18(25)23-15-3-1-2-4-17(15)24/h5-10,15,17,22,24H,1-4H2,(H,23,25)/t15-,17-/m1/s1. The molecule has 1 saturated carbocycles. The van der Waals surface area contributed by atoms with Gasteiger partial charge in [0.1, 0.15) is 5.82 Å². The summed E-state index contributed by atoms with van der Waals surface area (Å²) in [6.45, 7) is 0. The summed E-state index contributed by atoms with van der Waals surface area (Å²) >= 11 is 2.04. The van der Waals surface area contributed by atoms with Crippen LogP contribution in [0.25, 0.3) is 0 Å². The molecule has 1 aliphatic rings. The average Bonchev–Trinajstić information content (AvgIpc) is 2.60. The molecule has 0 spiro atoms. The van der Waals surface area contributed by atoms with Crippen LogP contribution in [-0.2, 0) is 0 Å². The van der Waals surface area contributed by atoms with Crippen molar-refractivity contribution in [1.29, 1.82) is 0 Å². The van der Waals surface area contributed by atoms with E-state index in [1.54, 1.807) is 18.2 Å². The van der Waals surface area contributed by atoms with E-state index in [1.807, 2.05) is 22.6 Å². The normalized spacial score (nSPS) is 20.1. The van der Waals surface area contributed by atoms with Crippen molar-refractivity contribution < 1.29 is 14.3 Å². The van der Waals surface area contributed by atoms with Crippen LogP contribution in [-0.4, -0.2) is 28.1 Å². The lowest BCUT2D eigenvalue weighted by Crippen LogP contribution is -2.45. The van der Waals surface area contributed by atoms with Gasteiger partial charge in [0.2, 0.25) is 0 Å². The fraction of sp³-hybridized carbons (Fsp3) is 0.333. The summed E-state index contributed by atoms with van der Waals surface area (Å²) in [6.07, 6.45) is 5.89. The number of carbonyl (C=O) groups excluding carboxylic acids is 1. The number of hydrogen-bond donors (Lipinski definition) is 3. The molecule has 132 valence electrons. The van der Waals surface area contributed by atoms with Crippen molar-refractivity contribution in [3.05, 3.63) is 51.6 Å². The molecule has 1 fully saturated rings. The van der Waals surface area contributed by atoms with Crippen LogP contribution in [0.3, 0.4) is 0 Å². The van der Waals surface area contributed by atoms with Gasteiger partial charge < -0.3 is 15.7 Å². The van der Waals surface area contributed by atoms with Crippen LogP contribution in [0.2, 0.25) is 0 Å². The topological polar surface area (TPSA) is 74.2 Å². The number of carbonyl (C=O) groups is 1. The van der Waals surface area contributed by atoms with Gasteiger partial charge in [0, 0.05) is 9.77 Å². The maximum absolute atomic E-state index is 14.1.